The second-order valence-corrected chi connectivity index (χ2v) is 8.99. The van der Waals surface area contributed by atoms with Gasteiger partial charge in [-0.15, -0.1) is 0 Å². The van der Waals surface area contributed by atoms with Crippen LogP contribution in [0.4, 0.5) is 16.2 Å². The van der Waals surface area contributed by atoms with Gasteiger partial charge in [-0.05, 0) is 43.2 Å². The van der Waals surface area contributed by atoms with Crippen LogP contribution in [0, 0.1) is 0 Å². The Morgan fingerprint density at radius 2 is 1.71 bits per heavy atom. The van der Waals surface area contributed by atoms with Crippen molar-refractivity contribution in [3.05, 3.63) is 48.5 Å². The number of methoxy groups -OCH3 is 1. The molecule has 0 aliphatic carbocycles. The summed E-state index contributed by atoms with van der Waals surface area (Å²) in [6.45, 7) is 0.665. The van der Waals surface area contributed by atoms with E-state index in [9.17, 15) is 18.0 Å². The van der Waals surface area contributed by atoms with Gasteiger partial charge in [-0.2, -0.15) is 4.31 Å². The number of carbonyl (C=O) groups is 2. The van der Waals surface area contributed by atoms with E-state index in [1.807, 2.05) is 6.07 Å². The maximum atomic E-state index is 12.9. The average molecular weight is 447 g/mol. The molecular formula is C21H26N4O5S. The van der Waals surface area contributed by atoms with Crippen molar-refractivity contribution in [2.24, 2.45) is 0 Å². The monoisotopic (exact) mass is 446 g/mol. The minimum absolute atomic E-state index is 0.0836. The fourth-order valence-electron chi connectivity index (χ4n) is 3.25. The first-order valence-corrected chi connectivity index (χ1v) is 11.4. The van der Waals surface area contributed by atoms with E-state index < -0.39 is 22.0 Å². The van der Waals surface area contributed by atoms with Gasteiger partial charge in [-0.25, -0.2) is 13.2 Å². The Kier molecular flexibility index (Phi) is 7.48. The van der Waals surface area contributed by atoms with E-state index >= 15 is 0 Å². The van der Waals surface area contributed by atoms with Gasteiger partial charge in [0.1, 0.15) is 5.75 Å². The van der Waals surface area contributed by atoms with Crippen LogP contribution in [0.1, 0.15) is 19.3 Å². The van der Waals surface area contributed by atoms with Crippen LogP contribution >= 0.6 is 0 Å². The predicted molar refractivity (Wildman–Crippen MR) is 118 cm³/mol. The van der Waals surface area contributed by atoms with Crippen molar-refractivity contribution in [2.75, 3.05) is 37.4 Å². The molecule has 0 spiro atoms. The number of carbonyl (C=O) groups excluding carboxylic acids is 2. The Balaban J connectivity index is 1.65. The molecule has 1 fully saturated rings. The van der Waals surface area contributed by atoms with Crippen LogP contribution in [0.3, 0.4) is 0 Å². The number of hydrogen-bond donors (Lipinski definition) is 3. The normalized spacial score (nSPS) is 14.5. The van der Waals surface area contributed by atoms with E-state index in [1.54, 1.807) is 24.3 Å². The quantitative estimate of drug-likeness (QED) is 0.605. The predicted octanol–water partition coefficient (Wildman–Crippen LogP) is 2.63. The van der Waals surface area contributed by atoms with Crippen LogP contribution in [0.15, 0.2) is 53.4 Å². The smallest absolute Gasteiger partial charge is 0.319 e. The highest BCUT2D eigenvalue weighted by atomic mass is 32.2. The van der Waals surface area contributed by atoms with Crippen molar-refractivity contribution in [2.45, 2.75) is 24.2 Å². The Labute approximate surface area is 181 Å². The van der Waals surface area contributed by atoms with Gasteiger partial charge < -0.3 is 20.7 Å². The average Bonchev–Trinajstić information content (AvgIpc) is 2.79. The van der Waals surface area contributed by atoms with Crippen LogP contribution in [0.2, 0.25) is 0 Å². The summed E-state index contributed by atoms with van der Waals surface area (Å²) in [6, 6.07) is 12.6. The summed E-state index contributed by atoms with van der Waals surface area (Å²) >= 11 is 0. The van der Waals surface area contributed by atoms with Gasteiger partial charge in [0.25, 0.3) is 0 Å². The molecule has 0 atom stereocenters. The number of benzene rings is 2. The number of nitrogens with one attached hydrogen (secondary N) is 3. The number of para-hydroxylation sites is 1. The van der Waals surface area contributed by atoms with Crippen LogP contribution in [0.25, 0.3) is 0 Å². The molecule has 1 aliphatic heterocycles. The Bertz CT molecular complexity index is 1020. The third kappa shape index (κ3) is 5.96. The molecule has 0 aromatic heterocycles. The van der Waals surface area contributed by atoms with Crippen molar-refractivity contribution in [3.8, 4) is 5.75 Å². The number of sulfonamides is 1. The molecule has 166 valence electrons. The number of rotatable bonds is 7. The minimum atomic E-state index is -3.66. The second kappa shape index (κ2) is 10.3. The summed E-state index contributed by atoms with van der Waals surface area (Å²) in [5, 5.41) is 7.67. The minimum Gasteiger partial charge on any atom is -0.495 e. The highest BCUT2D eigenvalue weighted by molar-refractivity contribution is 7.89. The molecule has 0 saturated carbocycles. The van der Waals surface area contributed by atoms with Crippen molar-refractivity contribution >= 4 is 33.3 Å². The maximum Gasteiger partial charge on any atom is 0.319 e. The number of amides is 3. The lowest BCUT2D eigenvalue weighted by Gasteiger charge is -2.26. The zero-order valence-electron chi connectivity index (χ0n) is 17.3. The molecule has 0 radical (unpaired) electrons. The standard InChI is InChI=1S/C21H26N4O5S/c1-30-19-11-10-17(31(28,29)25-12-6-3-7-13-25)14-18(19)24-20(26)15-22-21(27)23-16-8-4-2-5-9-16/h2,4-5,8-11,14H,3,6-7,12-13,15H2,1H3,(H,24,26)(H2,22,23,27). The Hall–Kier alpha value is -3.11. The van der Waals surface area contributed by atoms with Crippen LogP contribution < -0.4 is 20.7 Å². The summed E-state index contributed by atoms with van der Waals surface area (Å²) in [6.07, 6.45) is 2.67. The van der Waals surface area contributed by atoms with E-state index in [4.69, 9.17) is 4.74 Å². The van der Waals surface area contributed by atoms with Gasteiger partial charge in [0.05, 0.1) is 24.2 Å². The lowest BCUT2D eigenvalue weighted by Crippen LogP contribution is -2.36. The highest BCUT2D eigenvalue weighted by Crippen LogP contribution is 2.29. The van der Waals surface area contributed by atoms with Crippen molar-refractivity contribution in [3.63, 3.8) is 0 Å². The SMILES string of the molecule is COc1ccc(S(=O)(=O)N2CCCCC2)cc1NC(=O)CNC(=O)Nc1ccccc1. The fraction of sp³-hybridized carbons (Fsp3) is 0.333. The fourth-order valence-corrected chi connectivity index (χ4v) is 4.80. The van der Waals surface area contributed by atoms with E-state index in [0.717, 1.165) is 19.3 Å². The zero-order valence-corrected chi connectivity index (χ0v) is 18.1. The third-order valence-electron chi connectivity index (χ3n) is 4.84. The van der Waals surface area contributed by atoms with Crippen LogP contribution in [-0.4, -0.2) is 51.4 Å². The van der Waals surface area contributed by atoms with Crippen LogP contribution in [0.5, 0.6) is 5.75 Å². The molecule has 2 aromatic rings. The molecule has 3 N–H and O–H groups in total. The van der Waals surface area contributed by atoms with Gasteiger partial charge in [0.2, 0.25) is 15.9 Å². The molecular weight excluding hydrogens is 420 g/mol. The first-order chi connectivity index (χ1) is 14.9. The maximum absolute atomic E-state index is 12.9. The molecule has 2 aromatic carbocycles. The number of anilines is 2. The van der Waals surface area contributed by atoms with E-state index in [-0.39, 0.29) is 17.1 Å². The van der Waals surface area contributed by atoms with Gasteiger partial charge >= 0.3 is 6.03 Å². The van der Waals surface area contributed by atoms with Gasteiger partial charge in [-0.1, -0.05) is 24.6 Å². The highest BCUT2D eigenvalue weighted by Gasteiger charge is 2.27. The third-order valence-corrected chi connectivity index (χ3v) is 6.73. The van der Waals surface area contributed by atoms with Crippen molar-refractivity contribution < 1.29 is 22.7 Å². The van der Waals surface area contributed by atoms with Gasteiger partial charge in [-0.3, -0.25) is 4.79 Å². The van der Waals surface area contributed by atoms with E-state index in [1.165, 1.54) is 29.6 Å². The molecule has 0 bridgehead atoms. The van der Waals surface area contributed by atoms with Gasteiger partial charge in [0.15, 0.2) is 0 Å². The topological polar surface area (TPSA) is 117 Å². The summed E-state index contributed by atoms with van der Waals surface area (Å²) in [4.78, 5) is 24.4. The molecule has 0 unspecified atom stereocenters. The molecule has 1 aliphatic rings. The summed E-state index contributed by atoms with van der Waals surface area (Å²) in [5.41, 5.74) is 0.813. The lowest BCUT2D eigenvalue weighted by molar-refractivity contribution is -0.115. The van der Waals surface area contributed by atoms with Crippen molar-refractivity contribution in [1.82, 2.24) is 9.62 Å². The number of nitrogens with zero attached hydrogens (tertiary/aromatic N) is 1. The van der Waals surface area contributed by atoms with E-state index in [2.05, 4.69) is 16.0 Å². The number of ether oxygens (including phenoxy) is 1. The molecule has 3 rings (SSSR count). The number of piperidine rings is 1. The largest absolute Gasteiger partial charge is 0.495 e. The molecule has 10 heteroatoms. The summed E-state index contributed by atoms with van der Waals surface area (Å²) in [7, 11) is -2.23. The Morgan fingerprint density at radius 1 is 1.00 bits per heavy atom. The van der Waals surface area contributed by atoms with Gasteiger partial charge in [0, 0.05) is 18.8 Å². The second-order valence-electron chi connectivity index (χ2n) is 7.05. The summed E-state index contributed by atoms with van der Waals surface area (Å²) < 4.78 is 32.5. The van der Waals surface area contributed by atoms with Crippen LogP contribution in [-0.2, 0) is 14.8 Å². The molecule has 31 heavy (non-hydrogen) atoms. The first kappa shape index (κ1) is 22.6. The summed E-state index contributed by atoms with van der Waals surface area (Å²) in [5.74, 6) is -0.200. The van der Waals surface area contributed by atoms with Crippen molar-refractivity contribution in [1.29, 1.82) is 0 Å². The molecule has 1 heterocycles. The molecule has 3 amide bonds. The molecule has 9 nitrogen and oxygen atoms in total. The van der Waals surface area contributed by atoms with E-state index in [0.29, 0.717) is 24.5 Å². The Morgan fingerprint density at radius 3 is 2.39 bits per heavy atom. The lowest BCUT2D eigenvalue weighted by atomic mass is 10.2. The number of hydrogen-bond acceptors (Lipinski definition) is 5. The first-order valence-electron chi connectivity index (χ1n) is 9.98. The zero-order chi connectivity index (χ0) is 22.3. The molecule has 1 saturated heterocycles. The number of urea groups is 1.